The van der Waals surface area contributed by atoms with E-state index >= 15 is 0 Å². The lowest BCUT2D eigenvalue weighted by atomic mass is 9.83. The van der Waals surface area contributed by atoms with Gasteiger partial charge in [-0.3, -0.25) is 0 Å². The van der Waals surface area contributed by atoms with Crippen LogP contribution in [-0.2, 0) is 16.8 Å². The summed E-state index contributed by atoms with van der Waals surface area (Å²) in [5.41, 5.74) is 1.92. The Kier molecular flexibility index (Phi) is 4.51. The zero-order valence-corrected chi connectivity index (χ0v) is 12.2. The zero-order valence-electron chi connectivity index (χ0n) is 11.4. The molecule has 0 aliphatic heterocycles. The lowest BCUT2D eigenvalue weighted by molar-refractivity contribution is -0.112. The van der Waals surface area contributed by atoms with Crippen LogP contribution >= 0.6 is 11.3 Å². The molecular weight excluding hydrogens is 254 g/mol. The Labute approximate surface area is 118 Å². The Morgan fingerprint density at radius 3 is 2.58 bits per heavy atom. The second-order valence-corrected chi connectivity index (χ2v) is 5.99. The quantitative estimate of drug-likeness (QED) is 0.752. The van der Waals surface area contributed by atoms with E-state index in [0.29, 0.717) is 0 Å². The molecule has 1 aromatic heterocycles. The van der Waals surface area contributed by atoms with Gasteiger partial charge in [-0.2, -0.15) is 11.3 Å². The largest absolute Gasteiger partial charge is 0.302 e. The number of aldehydes is 1. The Morgan fingerprint density at radius 1 is 1.26 bits per heavy atom. The Hall–Kier alpha value is -1.45. The van der Waals surface area contributed by atoms with E-state index < -0.39 is 5.41 Å². The van der Waals surface area contributed by atoms with Crippen molar-refractivity contribution in [1.29, 1.82) is 0 Å². The van der Waals surface area contributed by atoms with E-state index in [1.165, 1.54) is 5.56 Å². The monoisotopic (exact) mass is 273 g/mol. The summed E-state index contributed by atoms with van der Waals surface area (Å²) < 4.78 is 0. The first-order valence-corrected chi connectivity index (χ1v) is 7.30. The minimum atomic E-state index is -0.452. The van der Waals surface area contributed by atoms with Crippen LogP contribution in [0, 0.1) is 0 Å². The average Bonchev–Trinajstić information content (AvgIpc) is 2.92. The third kappa shape index (κ3) is 3.52. The molecule has 0 saturated heterocycles. The molecule has 0 N–H and O–H groups in total. The molecule has 0 aliphatic rings. The molecule has 1 atom stereocenters. The van der Waals surface area contributed by atoms with Crippen LogP contribution in [0.2, 0.25) is 0 Å². The van der Waals surface area contributed by atoms with Crippen LogP contribution in [0.25, 0.3) is 0 Å². The molecule has 0 radical (unpaired) electrons. The second kappa shape index (κ2) is 6.13. The molecule has 2 aromatic rings. The number of carbonyl (C=O) groups excluding carboxylic acids is 1. The fourth-order valence-electron chi connectivity index (χ4n) is 2.33. The lowest BCUT2D eigenvalue weighted by Gasteiger charge is -2.29. The molecule has 0 amide bonds. The van der Waals surface area contributed by atoms with Crippen molar-refractivity contribution in [3.05, 3.63) is 58.3 Å². The van der Waals surface area contributed by atoms with Gasteiger partial charge >= 0.3 is 0 Å². The summed E-state index contributed by atoms with van der Waals surface area (Å²) in [7, 11) is 2.06. The van der Waals surface area contributed by atoms with Crippen LogP contribution in [0.1, 0.15) is 18.1 Å². The molecule has 2 nitrogen and oxygen atoms in total. The molecule has 2 rings (SSSR count). The molecular formula is C16H19NOS. The Bertz CT molecular complexity index is 509. The van der Waals surface area contributed by atoms with Crippen molar-refractivity contribution in [3.8, 4) is 0 Å². The number of rotatable bonds is 6. The summed E-state index contributed by atoms with van der Waals surface area (Å²) in [4.78, 5) is 13.7. The van der Waals surface area contributed by atoms with Gasteiger partial charge < -0.3 is 9.69 Å². The molecule has 0 saturated carbocycles. The number of carbonyl (C=O) groups is 1. The smallest absolute Gasteiger partial charge is 0.131 e. The zero-order chi connectivity index (χ0) is 13.7. The van der Waals surface area contributed by atoms with Crippen molar-refractivity contribution in [1.82, 2.24) is 4.90 Å². The standard InChI is InChI=1S/C16H19NOS/c1-16(13-18,15-6-4-3-5-7-15)12-17(2)10-14-8-9-19-11-14/h3-9,11,13H,10,12H2,1-2H3. The highest BCUT2D eigenvalue weighted by molar-refractivity contribution is 7.07. The molecule has 19 heavy (non-hydrogen) atoms. The van der Waals surface area contributed by atoms with Gasteiger partial charge in [0.25, 0.3) is 0 Å². The second-order valence-electron chi connectivity index (χ2n) is 5.21. The maximum absolute atomic E-state index is 11.5. The first-order chi connectivity index (χ1) is 9.14. The van der Waals surface area contributed by atoms with Crippen LogP contribution < -0.4 is 0 Å². The number of benzene rings is 1. The predicted octanol–water partition coefficient (Wildman–Crippen LogP) is 3.34. The average molecular weight is 273 g/mol. The highest BCUT2D eigenvalue weighted by Crippen LogP contribution is 2.23. The van der Waals surface area contributed by atoms with E-state index in [-0.39, 0.29) is 0 Å². The number of hydrogen-bond acceptors (Lipinski definition) is 3. The van der Waals surface area contributed by atoms with E-state index in [1.807, 2.05) is 37.3 Å². The van der Waals surface area contributed by atoms with Crippen LogP contribution in [-0.4, -0.2) is 24.8 Å². The summed E-state index contributed by atoms with van der Waals surface area (Å²) in [5.74, 6) is 0. The van der Waals surface area contributed by atoms with Crippen LogP contribution in [0.5, 0.6) is 0 Å². The first kappa shape index (κ1) is 14.0. The number of likely N-dealkylation sites (N-methyl/N-ethyl adjacent to an activating group) is 1. The van der Waals surface area contributed by atoms with Gasteiger partial charge in [-0.25, -0.2) is 0 Å². The predicted molar refractivity (Wildman–Crippen MR) is 80.5 cm³/mol. The molecule has 1 aromatic carbocycles. The Balaban J connectivity index is 2.08. The maximum atomic E-state index is 11.5. The van der Waals surface area contributed by atoms with E-state index in [4.69, 9.17) is 0 Å². The highest BCUT2D eigenvalue weighted by atomic mass is 32.1. The fourth-order valence-corrected chi connectivity index (χ4v) is 2.99. The van der Waals surface area contributed by atoms with Gasteiger partial charge in [0.05, 0.1) is 5.41 Å². The normalized spacial score (nSPS) is 14.3. The number of thiophene rings is 1. The topological polar surface area (TPSA) is 20.3 Å². The minimum Gasteiger partial charge on any atom is -0.302 e. The molecule has 1 unspecified atom stereocenters. The lowest BCUT2D eigenvalue weighted by Crippen LogP contribution is -2.37. The maximum Gasteiger partial charge on any atom is 0.131 e. The van der Waals surface area contributed by atoms with Gasteiger partial charge in [-0.1, -0.05) is 30.3 Å². The first-order valence-electron chi connectivity index (χ1n) is 6.35. The van der Waals surface area contributed by atoms with Crippen molar-refractivity contribution < 1.29 is 4.79 Å². The molecule has 100 valence electrons. The fraction of sp³-hybridized carbons (Fsp3) is 0.312. The van der Waals surface area contributed by atoms with Gasteiger partial charge in [0, 0.05) is 13.1 Å². The van der Waals surface area contributed by atoms with Crippen molar-refractivity contribution >= 4 is 17.6 Å². The highest BCUT2D eigenvalue weighted by Gasteiger charge is 2.27. The van der Waals surface area contributed by atoms with Gasteiger partial charge in [0.1, 0.15) is 6.29 Å². The van der Waals surface area contributed by atoms with Gasteiger partial charge in [0.2, 0.25) is 0 Å². The van der Waals surface area contributed by atoms with E-state index in [0.717, 1.165) is 24.9 Å². The summed E-state index contributed by atoms with van der Waals surface area (Å²) in [6.07, 6.45) is 1.06. The van der Waals surface area contributed by atoms with Crippen LogP contribution in [0.3, 0.4) is 0 Å². The van der Waals surface area contributed by atoms with Gasteiger partial charge in [-0.05, 0) is 41.9 Å². The Morgan fingerprint density at radius 2 is 2.00 bits per heavy atom. The molecule has 0 aliphatic carbocycles. The summed E-state index contributed by atoms with van der Waals surface area (Å²) >= 11 is 1.71. The molecule has 1 heterocycles. The summed E-state index contributed by atoms with van der Waals surface area (Å²) in [6, 6.07) is 12.1. The van der Waals surface area contributed by atoms with Crippen molar-refractivity contribution in [2.24, 2.45) is 0 Å². The van der Waals surface area contributed by atoms with Gasteiger partial charge in [-0.15, -0.1) is 0 Å². The molecule has 0 spiro atoms. The minimum absolute atomic E-state index is 0.452. The summed E-state index contributed by atoms with van der Waals surface area (Å²) in [6.45, 7) is 3.59. The number of nitrogens with zero attached hydrogens (tertiary/aromatic N) is 1. The van der Waals surface area contributed by atoms with Gasteiger partial charge in [0.15, 0.2) is 0 Å². The van der Waals surface area contributed by atoms with Crippen LogP contribution in [0.4, 0.5) is 0 Å². The van der Waals surface area contributed by atoms with E-state index in [2.05, 4.69) is 28.8 Å². The SMILES string of the molecule is CN(Cc1ccsc1)CC(C)(C=O)c1ccccc1. The van der Waals surface area contributed by atoms with Crippen LogP contribution in [0.15, 0.2) is 47.2 Å². The van der Waals surface area contributed by atoms with Crippen molar-refractivity contribution in [2.45, 2.75) is 18.9 Å². The molecule has 0 fully saturated rings. The third-order valence-corrected chi connectivity index (χ3v) is 4.06. The summed E-state index contributed by atoms with van der Waals surface area (Å²) in [5, 5.41) is 4.23. The van der Waals surface area contributed by atoms with E-state index in [1.54, 1.807) is 11.3 Å². The van der Waals surface area contributed by atoms with Crippen molar-refractivity contribution in [2.75, 3.05) is 13.6 Å². The van der Waals surface area contributed by atoms with Crippen molar-refractivity contribution in [3.63, 3.8) is 0 Å². The number of hydrogen-bond donors (Lipinski definition) is 0. The molecule has 3 heteroatoms. The van der Waals surface area contributed by atoms with E-state index in [9.17, 15) is 4.79 Å². The molecule has 0 bridgehead atoms. The third-order valence-electron chi connectivity index (χ3n) is 3.32.